The maximum Gasteiger partial charge on any atom is 0.191 e. The second-order valence-electron chi connectivity index (χ2n) is 6.96. The van der Waals surface area contributed by atoms with Gasteiger partial charge in [-0.15, -0.1) is 24.0 Å². The summed E-state index contributed by atoms with van der Waals surface area (Å²) in [5, 5.41) is 6.99. The predicted molar refractivity (Wildman–Crippen MR) is 107 cm³/mol. The zero-order valence-electron chi connectivity index (χ0n) is 14.8. The largest absolute Gasteiger partial charge is 0.497 e. The molecule has 3 rings (SSSR count). The van der Waals surface area contributed by atoms with Gasteiger partial charge in [-0.3, -0.25) is 4.99 Å². The quantitative estimate of drug-likeness (QED) is 0.425. The van der Waals surface area contributed by atoms with Gasteiger partial charge in [0, 0.05) is 37.6 Å². The van der Waals surface area contributed by atoms with Crippen LogP contribution in [0.15, 0.2) is 29.3 Å². The van der Waals surface area contributed by atoms with Crippen LogP contribution in [0.25, 0.3) is 0 Å². The second kappa shape index (κ2) is 7.91. The highest BCUT2D eigenvalue weighted by Gasteiger charge is 2.59. The molecular formula is C18H28IN3O2. The SMILES string of the molecule is CN=C(NCc1cccc(OC)c1)NC1C2CCOC2C1(C)C.I. The van der Waals surface area contributed by atoms with Gasteiger partial charge in [-0.25, -0.2) is 0 Å². The number of hydrogen-bond acceptors (Lipinski definition) is 3. The molecule has 0 radical (unpaired) electrons. The standard InChI is InChI=1S/C18H27N3O2.HI/c1-18(2)15(14-8-9-23-16(14)18)21-17(19-3)20-11-12-6-5-7-13(10-12)22-4;/h5-7,10,14-16H,8-9,11H2,1-4H3,(H2,19,20,21);1H. The molecule has 134 valence electrons. The van der Waals surface area contributed by atoms with Crippen molar-refractivity contribution in [3.8, 4) is 5.75 Å². The number of guanidine groups is 1. The fraction of sp³-hybridized carbons (Fsp3) is 0.611. The molecule has 1 aliphatic carbocycles. The van der Waals surface area contributed by atoms with E-state index in [4.69, 9.17) is 9.47 Å². The van der Waals surface area contributed by atoms with Crippen molar-refractivity contribution in [1.29, 1.82) is 0 Å². The second-order valence-corrected chi connectivity index (χ2v) is 6.96. The Kier molecular flexibility index (Phi) is 6.36. The van der Waals surface area contributed by atoms with E-state index in [0.717, 1.165) is 24.7 Å². The number of ether oxygens (including phenoxy) is 2. The molecule has 0 aromatic heterocycles. The summed E-state index contributed by atoms with van der Waals surface area (Å²) in [7, 11) is 3.50. The molecule has 1 heterocycles. The van der Waals surface area contributed by atoms with Gasteiger partial charge in [0.15, 0.2) is 5.96 Å². The average Bonchev–Trinajstić information content (AvgIpc) is 3.02. The third-order valence-corrected chi connectivity index (χ3v) is 5.21. The van der Waals surface area contributed by atoms with Crippen LogP contribution in [0.1, 0.15) is 25.8 Å². The van der Waals surface area contributed by atoms with E-state index in [-0.39, 0.29) is 29.4 Å². The fourth-order valence-electron chi connectivity index (χ4n) is 3.93. The lowest BCUT2D eigenvalue weighted by Gasteiger charge is -2.54. The third kappa shape index (κ3) is 3.64. The number of benzene rings is 1. The maximum absolute atomic E-state index is 5.85. The van der Waals surface area contributed by atoms with Crippen molar-refractivity contribution in [2.75, 3.05) is 20.8 Å². The highest BCUT2D eigenvalue weighted by Crippen LogP contribution is 2.52. The third-order valence-electron chi connectivity index (χ3n) is 5.21. The predicted octanol–water partition coefficient (Wildman–Crippen LogP) is 2.79. The highest BCUT2D eigenvalue weighted by atomic mass is 127. The first kappa shape index (κ1) is 19.3. The molecule has 0 amide bonds. The number of rotatable bonds is 4. The van der Waals surface area contributed by atoms with Gasteiger partial charge in [0.2, 0.25) is 0 Å². The molecule has 0 spiro atoms. The number of nitrogens with one attached hydrogen (secondary N) is 2. The Hall–Kier alpha value is -1.02. The minimum atomic E-state index is 0. The number of fused-ring (bicyclic) bond motifs is 1. The van der Waals surface area contributed by atoms with Crippen LogP contribution >= 0.6 is 24.0 Å². The average molecular weight is 445 g/mol. The van der Waals surface area contributed by atoms with Gasteiger partial charge in [0.1, 0.15) is 5.75 Å². The smallest absolute Gasteiger partial charge is 0.191 e. The van der Waals surface area contributed by atoms with Gasteiger partial charge in [0.25, 0.3) is 0 Å². The van der Waals surface area contributed by atoms with Crippen LogP contribution in [0, 0.1) is 11.3 Å². The molecule has 3 unspecified atom stereocenters. The van der Waals surface area contributed by atoms with E-state index in [2.05, 4.69) is 35.5 Å². The Morgan fingerprint density at radius 2 is 2.21 bits per heavy atom. The Morgan fingerprint density at radius 1 is 1.42 bits per heavy atom. The van der Waals surface area contributed by atoms with Crippen LogP contribution in [-0.2, 0) is 11.3 Å². The lowest BCUT2D eigenvalue weighted by atomic mass is 9.57. The normalized spacial score (nSPS) is 27.5. The summed E-state index contributed by atoms with van der Waals surface area (Å²) in [6, 6.07) is 8.48. The van der Waals surface area contributed by atoms with Gasteiger partial charge >= 0.3 is 0 Å². The van der Waals surface area contributed by atoms with Gasteiger partial charge in [-0.1, -0.05) is 26.0 Å². The van der Waals surface area contributed by atoms with Gasteiger partial charge in [-0.2, -0.15) is 0 Å². The van der Waals surface area contributed by atoms with E-state index in [0.29, 0.717) is 24.6 Å². The summed E-state index contributed by atoms with van der Waals surface area (Å²) >= 11 is 0. The Bertz CT molecular complexity index is 591. The van der Waals surface area contributed by atoms with Crippen molar-refractivity contribution in [1.82, 2.24) is 10.6 Å². The Labute approximate surface area is 161 Å². The molecule has 1 saturated carbocycles. The first-order chi connectivity index (χ1) is 11.1. The summed E-state index contributed by atoms with van der Waals surface area (Å²) in [4.78, 5) is 4.37. The summed E-state index contributed by atoms with van der Waals surface area (Å²) < 4.78 is 11.1. The summed E-state index contributed by atoms with van der Waals surface area (Å²) in [6.07, 6.45) is 1.52. The van der Waals surface area contributed by atoms with E-state index < -0.39 is 0 Å². The van der Waals surface area contributed by atoms with Crippen LogP contribution < -0.4 is 15.4 Å². The summed E-state index contributed by atoms with van der Waals surface area (Å²) in [5.74, 6) is 2.31. The van der Waals surface area contributed by atoms with E-state index in [1.807, 2.05) is 25.2 Å². The first-order valence-electron chi connectivity index (χ1n) is 8.28. The lowest BCUT2D eigenvalue weighted by molar-refractivity contribution is -0.106. The number of methoxy groups -OCH3 is 1. The van der Waals surface area contributed by atoms with Crippen LogP contribution in [0.5, 0.6) is 5.75 Å². The zero-order chi connectivity index (χ0) is 16.4. The van der Waals surface area contributed by atoms with Crippen molar-refractivity contribution >= 4 is 29.9 Å². The molecule has 5 nitrogen and oxygen atoms in total. The zero-order valence-corrected chi connectivity index (χ0v) is 17.2. The summed E-state index contributed by atoms with van der Waals surface area (Å²) in [6.45, 7) is 6.14. The monoisotopic (exact) mass is 445 g/mol. The number of halogens is 1. The van der Waals surface area contributed by atoms with E-state index >= 15 is 0 Å². The van der Waals surface area contributed by atoms with Gasteiger partial charge in [-0.05, 0) is 24.1 Å². The molecule has 1 aromatic rings. The van der Waals surface area contributed by atoms with Crippen molar-refractivity contribution < 1.29 is 9.47 Å². The van der Waals surface area contributed by atoms with Crippen molar-refractivity contribution in [3.05, 3.63) is 29.8 Å². The number of nitrogens with zero attached hydrogens (tertiary/aromatic N) is 1. The minimum absolute atomic E-state index is 0. The van der Waals surface area contributed by atoms with Crippen molar-refractivity contribution in [2.24, 2.45) is 16.3 Å². The Morgan fingerprint density at radius 3 is 2.92 bits per heavy atom. The van der Waals surface area contributed by atoms with Crippen LogP contribution in [0.2, 0.25) is 0 Å². The first-order valence-corrected chi connectivity index (χ1v) is 8.28. The topological polar surface area (TPSA) is 54.9 Å². The van der Waals surface area contributed by atoms with Crippen molar-refractivity contribution in [2.45, 2.75) is 39.0 Å². The van der Waals surface area contributed by atoms with E-state index in [1.165, 1.54) is 5.56 Å². The van der Waals surface area contributed by atoms with E-state index in [9.17, 15) is 0 Å². The molecule has 2 N–H and O–H groups in total. The molecule has 6 heteroatoms. The fourth-order valence-corrected chi connectivity index (χ4v) is 3.93. The highest BCUT2D eigenvalue weighted by molar-refractivity contribution is 14.0. The van der Waals surface area contributed by atoms with Crippen LogP contribution in [0.3, 0.4) is 0 Å². The molecule has 2 aliphatic rings. The molecule has 0 bridgehead atoms. The number of hydrogen-bond donors (Lipinski definition) is 2. The summed E-state index contributed by atoms with van der Waals surface area (Å²) in [5.41, 5.74) is 1.32. The maximum atomic E-state index is 5.85. The van der Waals surface area contributed by atoms with Gasteiger partial charge < -0.3 is 20.1 Å². The van der Waals surface area contributed by atoms with Crippen LogP contribution in [-0.4, -0.2) is 38.9 Å². The lowest BCUT2D eigenvalue weighted by Crippen LogP contribution is -2.67. The molecule has 1 saturated heterocycles. The molecule has 3 atom stereocenters. The molecule has 1 aliphatic heterocycles. The van der Waals surface area contributed by atoms with E-state index in [1.54, 1.807) is 7.11 Å². The Balaban J connectivity index is 0.00000208. The van der Waals surface area contributed by atoms with Crippen LogP contribution in [0.4, 0.5) is 0 Å². The van der Waals surface area contributed by atoms with Gasteiger partial charge in [0.05, 0.1) is 13.2 Å². The minimum Gasteiger partial charge on any atom is -0.497 e. The molecular weight excluding hydrogens is 417 g/mol. The van der Waals surface area contributed by atoms with Crippen molar-refractivity contribution in [3.63, 3.8) is 0 Å². The molecule has 24 heavy (non-hydrogen) atoms. The molecule has 2 fully saturated rings. The number of aliphatic imine (C=N–C) groups is 1. The molecule has 1 aromatic carbocycles.